The van der Waals surface area contributed by atoms with Gasteiger partial charge in [-0.05, 0) is 62.1 Å². The maximum Gasteiger partial charge on any atom is 0.379 e. The number of fused-ring (bicyclic) bond motifs is 1. The number of carbonyl (C=O) groups is 2. The van der Waals surface area contributed by atoms with E-state index in [2.05, 4.69) is 17.5 Å². The average molecular weight is 451 g/mol. The summed E-state index contributed by atoms with van der Waals surface area (Å²) in [5, 5.41) is 4.80. The van der Waals surface area contributed by atoms with Crippen molar-refractivity contribution in [2.24, 2.45) is 5.10 Å². The predicted molar refractivity (Wildman–Crippen MR) is 123 cm³/mol. The fourth-order valence-corrected chi connectivity index (χ4v) is 3.92. The number of benzene rings is 2. The quantitative estimate of drug-likeness (QED) is 0.316. The normalized spacial score (nSPS) is 14.2. The van der Waals surface area contributed by atoms with Crippen LogP contribution in [-0.2, 0) is 12.8 Å². The number of hydrazone groups is 1. The van der Waals surface area contributed by atoms with Gasteiger partial charge in [-0.2, -0.15) is 5.10 Å². The van der Waals surface area contributed by atoms with Gasteiger partial charge in [0.05, 0.1) is 5.71 Å². The third-order valence-electron chi connectivity index (χ3n) is 5.43. The van der Waals surface area contributed by atoms with Crippen LogP contribution in [0.4, 0.5) is 0 Å². The number of halogens is 1. The fourth-order valence-electron chi connectivity index (χ4n) is 3.73. The van der Waals surface area contributed by atoms with Crippen LogP contribution in [0, 0.1) is 6.92 Å². The minimum absolute atomic E-state index is 0.158. The first-order chi connectivity index (χ1) is 15.5. The molecule has 0 aliphatic heterocycles. The molecule has 1 heterocycles. The highest BCUT2D eigenvalue weighted by Crippen LogP contribution is 2.30. The average Bonchev–Trinajstić information content (AvgIpc) is 3.15. The molecule has 7 heteroatoms. The van der Waals surface area contributed by atoms with Gasteiger partial charge in [0.25, 0.3) is 5.91 Å². The maximum atomic E-state index is 12.8. The molecule has 1 aromatic heterocycles. The molecule has 0 saturated heterocycles. The molecule has 0 bridgehead atoms. The number of nitrogens with zero attached hydrogens (tertiary/aromatic N) is 1. The van der Waals surface area contributed by atoms with Crippen LogP contribution in [0.15, 0.2) is 58.0 Å². The third-order valence-corrected chi connectivity index (χ3v) is 5.67. The van der Waals surface area contributed by atoms with Crippen LogP contribution < -0.4 is 10.2 Å². The molecule has 0 saturated carbocycles. The molecule has 32 heavy (non-hydrogen) atoms. The summed E-state index contributed by atoms with van der Waals surface area (Å²) in [7, 11) is 0. The smallest absolute Gasteiger partial charge is 0.379 e. The van der Waals surface area contributed by atoms with Gasteiger partial charge in [-0.1, -0.05) is 36.7 Å². The monoisotopic (exact) mass is 450 g/mol. The number of hydrogen-bond acceptors (Lipinski definition) is 5. The Labute approximate surface area is 191 Å². The SMILES string of the molecule is CCc1ccc(OC(=O)c2oc3c(c2C)/C(=N/NC(=O)c2cccc(Cl)c2)CCC3)cc1. The second-order valence-electron chi connectivity index (χ2n) is 7.60. The zero-order valence-corrected chi connectivity index (χ0v) is 18.7. The lowest BCUT2D eigenvalue weighted by atomic mass is 9.93. The fraction of sp³-hybridized carbons (Fsp3) is 0.240. The molecular formula is C25H23ClN2O4. The molecule has 0 fully saturated rings. The number of hydrogen-bond donors (Lipinski definition) is 1. The molecule has 1 N–H and O–H groups in total. The number of amides is 1. The van der Waals surface area contributed by atoms with Crippen molar-refractivity contribution >= 4 is 29.2 Å². The zero-order chi connectivity index (χ0) is 22.7. The summed E-state index contributed by atoms with van der Waals surface area (Å²) in [4.78, 5) is 25.2. The van der Waals surface area contributed by atoms with E-state index in [1.807, 2.05) is 12.1 Å². The van der Waals surface area contributed by atoms with Crippen molar-refractivity contribution in [2.45, 2.75) is 39.5 Å². The van der Waals surface area contributed by atoms with Crippen LogP contribution in [0.1, 0.15) is 63.1 Å². The Bertz CT molecular complexity index is 1200. The number of aryl methyl sites for hydroxylation is 2. The number of furan rings is 1. The summed E-state index contributed by atoms with van der Waals surface area (Å²) in [5.74, 6) is 0.388. The van der Waals surface area contributed by atoms with E-state index in [0.717, 1.165) is 24.0 Å². The highest BCUT2D eigenvalue weighted by Gasteiger charge is 2.29. The summed E-state index contributed by atoms with van der Waals surface area (Å²) in [6.07, 6.45) is 3.07. The number of esters is 1. The van der Waals surface area contributed by atoms with Crippen LogP contribution in [0.25, 0.3) is 0 Å². The first-order valence-corrected chi connectivity index (χ1v) is 10.9. The molecule has 0 radical (unpaired) electrons. The van der Waals surface area contributed by atoms with E-state index in [-0.39, 0.29) is 11.7 Å². The molecule has 1 aliphatic carbocycles. The highest BCUT2D eigenvalue weighted by molar-refractivity contribution is 6.31. The van der Waals surface area contributed by atoms with E-state index in [4.69, 9.17) is 20.8 Å². The molecule has 164 valence electrons. The van der Waals surface area contributed by atoms with E-state index >= 15 is 0 Å². The molecule has 1 amide bonds. The Morgan fingerprint density at radius 3 is 2.66 bits per heavy atom. The molecule has 0 spiro atoms. The van der Waals surface area contributed by atoms with Gasteiger partial charge in [-0.3, -0.25) is 4.79 Å². The van der Waals surface area contributed by atoms with Crippen molar-refractivity contribution in [1.82, 2.24) is 5.43 Å². The third kappa shape index (κ3) is 4.60. The lowest BCUT2D eigenvalue weighted by Gasteiger charge is -2.13. The molecular weight excluding hydrogens is 428 g/mol. The van der Waals surface area contributed by atoms with Crippen LogP contribution in [0.3, 0.4) is 0 Å². The number of carbonyl (C=O) groups excluding carboxylic acids is 2. The Morgan fingerprint density at radius 1 is 1.16 bits per heavy atom. The van der Waals surface area contributed by atoms with Gasteiger partial charge >= 0.3 is 5.97 Å². The Kier molecular flexibility index (Phi) is 6.42. The second-order valence-corrected chi connectivity index (χ2v) is 8.04. The Morgan fingerprint density at radius 2 is 1.94 bits per heavy atom. The largest absolute Gasteiger partial charge is 0.453 e. The van der Waals surface area contributed by atoms with E-state index in [9.17, 15) is 9.59 Å². The van der Waals surface area contributed by atoms with Crippen LogP contribution >= 0.6 is 11.6 Å². The van der Waals surface area contributed by atoms with Crippen molar-refractivity contribution in [2.75, 3.05) is 0 Å². The maximum absolute atomic E-state index is 12.8. The topological polar surface area (TPSA) is 80.9 Å². The summed E-state index contributed by atoms with van der Waals surface area (Å²) < 4.78 is 11.4. The van der Waals surface area contributed by atoms with Crippen molar-refractivity contribution in [1.29, 1.82) is 0 Å². The molecule has 4 rings (SSSR count). The lowest BCUT2D eigenvalue weighted by molar-refractivity contribution is 0.0698. The Balaban J connectivity index is 1.54. The van der Waals surface area contributed by atoms with Gasteiger partial charge in [0, 0.05) is 28.1 Å². The highest BCUT2D eigenvalue weighted by atomic mass is 35.5. The van der Waals surface area contributed by atoms with Crippen molar-refractivity contribution in [3.63, 3.8) is 0 Å². The minimum Gasteiger partial charge on any atom is -0.453 e. The number of ether oxygens (including phenoxy) is 1. The van der Waals surface area contributed by atoms with Gasteiger partial charge in [-0.15, -0.1) is 0 Å². The van der Waals surface area contributed by atoms with Gasteiger partial charge < -0.3 is 9.15 Å². The molecule has 0 atom stereocenters. The standard InChI is InChI=1S/C25H23ClN2O4/c1-3-16-10-12-19(13-11-16)31-25(30)23-15(2)22-20(8-5-9-21(22)32-23)27-28-24(29)17-6-4-7-18(26)14-17/h4,6-7,10-14H,3,5,8-9H2,1-2H3,(H,28,29)/b27-20+. The van der Waals surface area contributed by atoms with E-state index in [1.165, 1.54) is 0 Å². The van der Waals surface area contributed by atoms with Crippen molar-refractivity contribution in [3.05, 3.63) is 87.3 Å². The van der Waals surface area contributed by atoms with Gasteiger partial charge in [-0.25, -0.2) is 10.2 Å². The summed E-state index contributed by atoms with van der Waals surface area (Å²) in [6.45, 7) is 3.87. The number of rotatable bonds is 5. The second kappa shape index (κ2) is 9.40. The Hall–Kier alpha value is -3.38. The number of nitrogens with one attached hydrogen (secondary N) is 1. The molecule has 3 aromatic rings. The molecule has 0 unspecified atom stereocenters. The summed E-state index contributed by atoms with van der Waals surface area (Å²) in [6, 6.07) is 14.0. The van der Waals surface area contributed by atoms with Gasteiger partial charge in [0.2, 0.25) is 5.76 Å². The molecule has 6 nitrogen and oxygen atoms in total. The van der Waals surface area contributed by atoms with Crippen LogP contribution in [-0.4, -0.2) is 17.6 Å². The first-order valence-electron chi connectivity index (χ1n) is 10.5. The van der Waals surface area contributed by atoms with Crippen LogP contribution in [0.5, 0.6) is 5.75 Å². The van der Waals surface area contributed by atoms with Crippen molar-refractivity contribution < 1.29 is 18.7 Å². The predicted octanol–water partition coefficient (Wildman–Crippen LogP) is 5.49. The molecule has 2 aromatic carbocycles. The van der Waals surface area contributed by atoms with Gasteiger partial charge in [0.15, 0.2) is 0 Å². The van der Waals surface area contributed by atoms with E-state index < -0.39 is 5.97 Å². The summed E-state index contributed by atoms with van der Waals surface area (Å²) in [5.41, 5.74) is 6.26. The van der Waals surface area contributed by atoms with E-state index in [0.29, 0.717) is 46.2 Å². The minimum atomic E-state index is -0.552. The van der Waals surface area contributed by atoms with Gasteiger partial charge in [0.1, 0.15) is 11.5 Å². The zero-order valence-electron chi connectivity index (χ0n) is 17.9. The van der Waals surface area contributed by atoms with Crippen LogP contribution in [0.2, 0.25) is 5.02 Å². The summed E-state index contributed by atoms with van der Waals surface area (Å²) >= 11 is 5.96. The van der Waals surface area contributed by atoms with E-state index in [1.54, 1.807) is 43.3 Å². The first kappa shape index (κ1) is 21.8. The molecule has 1 aliphatic rings. The lowest BCUT2D eigenvalue weighted by Crippen LogP contribution is -2.22. The van der Waals surface area contributed by atoms with Crippen molar-refractivity contribution in [3.8, 4) is 5.75 Å².